The molecule has 0 aliphatic heterocycles. The SMILES string of the molecule is CS(=O)(=O)N(CC(=O)Nc1ccc(Br)c(Cl)c1)Cc1ccccc1F. The molecule has 0 heterocycles. The van der Waals surface area contributed by atoms with Crippen molar-refractivity contribution in [1.29, 1.82) is 0 Å². The highest BCUT2D eigenvalue weighted by Gasteiger charge is 2.22. The molecule has 9 heteroatoms. The van der Waals surface area contributed by atoms with Gasteiger partial charge in [-0.05, 0) is 40.2 Å². The molecule has 1 amide bonds. The second-order valence-corrected chi connectivity index (χ2v) is 8.54. The monoisotopic (exact) mass is 448 g/mol. The number of carbonyl (C=O) groups is 1. The van der Waals surface area contributed by atoms with Gasteiger partial charge >= 0.3 is 0 Å². The van der Waals surface area contributed by atoms with E-state index < -0.39 is 28.3 Å². The number of carbonyl (C=O) groups excluding carboxylic acids is 1. The number of anilines is 1. The van der Waals surface area contributed by atoms with Gasteiger partial charge in [-0.2, -0.15) is 4.31 Å². The molecule has 134 valence electrons. The lowest BCUT2D eigenvalue weighted by atomic mass is 10.2. The van der Waals surface area contributed by atoms with Crippen molar-refractivity contribution >= 4 is 49.1 Å². The highest BCUT2D eigenvalue weighted by Crippen LogP contribution is 2.25. The third kappa shape index (κ3) is 5.78. The summed E-state index contributed by atoms with van der Waals surface area (Å²) in [7, 11) is -3.71. The average Bonchev–Trinajstić information content (AvgIpc) is 2.51. The predicted octanol–water partition coefficient (Wildman–Crippen LogP) is 3.64. The van der Waals surface area contributed by atoms with Gasteiger partial charge in [-0.15, -0.1) is 0 Å². The normalized spacial score (nSPS) is 11.6. The maximum atomic E-state index is 13.8. The quantitative estimate of drug-likeness (QED) is 0.732. The van der Waals surface area contributed by atoms with Crippen LogP contribution in [-0.2, 0) is 21.4 Å². The fourth-order valence-electron chi connectivity index (χ4n) is 2.04. The van der Waals surface area contributed by atoms with Crippen molar-refractivity contribution in [3.8, 4) is 0 Å². The molecular formula is C16H15BrClFN2O3S. The van der Waals surface area contributed by atoms with Crippen molar-refractivity contribution < 1.29 is 17.6 Å². The summed E-state index contributed by atoms with van der Waals surface area (Å²) in [4.78, 5) is 12.2. The third-order valence-corrected chi connectivity index (χ3v) is 5.73. The number of hydrogen-bond donors (Lipinski definition) is 1. The van der Waals surface area contributed by atoms with Crippen LogP contribution in [0.25, 0.3) is 0 Å². The summed E-state index contributed by atoms with van der Waals surface area (Å²) in [5, 5.41) is 2.98. The first-order valence-electron chi connectivity index (χ1n) is 7.10. The van der Waals surface area contributed by atoms with Crippen molar-refractivity contribution in [2.24, 2.45) is 0 Å². The maximum absolute atomic E-state index is 13.8. The Balaban J connectivity index is 2.13. The van der Waals surface area contributed by atoms with E-state index in [-0.39, 0.29) is 12.1 Å². The van der Waals surface area contributed by atoms with E-state index in [4.69, 9.17) is 11.6 Å². The van der Waals surface area contributed by atoms with Crippen LogP contribution in [0.3, 0.4) is 0 Å². The van der Waals surface area contributed by atoms with Gasteiger partial charge in [0.2, 0.25) is 15.9 Å². The van der Waals surface area contributed by atoms with E-state index in [1.807, 2.05) is 0 Å². The molecule has 0 saturated heterocycles. The van der Waals surface area contributed by atoms with Crippen molar-refractivity contribution in [2.45, 2.75) is 6.54 Å². The highest BCUT2D eigenvalue weighted by molar-refractivity contribution is 9.10. The van der Waals surface area contributed by atoms with Crippen LogP contribution in [0.2, 0.25) is 5.02 Å². The zero-order valence-electron chi connectivity index (χ0n) is 13.2. The molecule has 0 bridgehead atoms. The summed E-state index contributed by atoms with van der Waals surface area (Å²) in [5.74, 6) is -1.09. The fraction of sp³-hybridized carbons (Fsp3) is 0.188. The third-order valence-electron chi connectivity index (χ3n) is 3.30. The van der Waals surface area contributed by atoms with Gasteiger partial charge < -0.3 is 5.32 Å². The van der Waals surface area contributed by atoms with E-state index in [0.29, 0.717) is 15.2 Å². The zero-order chi connectivity index (χ0) is 18.6. The molecule has 0 radical (unpaired) electrons. The molecule has 0 unspecified atom stereocenters. The molecule has 0 spiro atoms. The Morgan fingerprint density at radius 3 is 2.56 bits per heavy atom. The number of benzene rings is 2. The summed E-state index contributed by atoms with van der Waals surface area (Å²) >= 11 is 9.19. The number of nitrogens with one attached hydrogen (secondary N) is 1. The number of halogens is 3. The summed E-state index contributed by atoms with van der Waals surface area (Å²) in [6, 6.07) is 10.6. The van der Waals surface area contributed by atoms with Crippen LogP contribution in [0.4, 0.5) is 10.1 Å². The number of sulfonamides is 1. The second-order valence-electron chi connectivity index (χ2n) is 5.30. The Hall–Kier alpha value is -1.48. The molecule has 2 aromatic carbocycles. The van der Waals surface area contributed by atoms with Gasteiger partial charge in [0.15, 0.2) is 0 Å². The van der Waals surface area contributed by atoms with Gasteiger partial charge in [0.25, 0.3) is 0 Å². The second kappa shape index (κ2) is 8.27. The molecule has 0 atom stereocenters. The molecule has 0 aromatic heterocycles. The number of hydrogen-bond acceptors (Lipinski definition) is 3. The summed E-state index contributed by atoms with van der Waals surface area (Å²) in [5.41, 5.74) is 0.616. The average molecular weight is 450 g/mol. The molecule has 0 aliphatic rings. The molecule has 5 nitrogen and oxygen atoms in total. The van der Waals surface area contributed by atoms with Crippen molar-refractivity contribution in [2.75, 3.05) is 18.1 Å². The Kier molecular flexibility index (Phi) is 6.56. The van der Waals surface area contributed by atoms with Crippen LogP contribution in [0, 0.1) is 5.82 Å². The number of rotatable bonds is 6. The lowest BCUT2D eigenvalue weighted by Gasteiger charge is -2.20. The Morgan fingerprint density at radius 1 is 1.28 bits per heavy atom. The lowest BCUT2D eigenvalue weighted by Crippen LogP contribution is -2.37. The standard InChI is InChI=1S/C16H15BrClFN2O3S/c1-25(23,24)21(9-11-4-2-3-5-15(11)19)10-16(22)20-12-6-7-13(17)14(18)8-12/h2-8H,9-10H2,1H3,(H,20,22). The Bertz CT molecular complexity index is 893. The van der Waals surface area contributed by atoms with Crippen molar-refractivity contribution in [3.63, 3.8) is 0 Å². The largest absolute Gasteiger partial charge is 0.325 e. The highest BCUT2D eigenvalue weighted by atomic mass is 79.9. The first-order chi connectivity index (χ1) is 11.7. The van der Waals surface area contributed by atoms with E-state index in [9.17, 15) is 17.6 Å². The Labute approximate surface area is 159 Å². The van der Waals surface area contributed by atoms with Gasteiger partial charge in [-0.1, -0.05) is 29.8 Å². The smallest absolute Gasteiger partial charge is 0.239 e. The molecule has 2 rings (SSSR count). The summed E-state index contributed by atoms with van der Waals surface area (Å²) in [6.45, 7) is -0.680. The van der Waals surface area contributed by atoms with E-state index >= 15 is 0 Å². The van der Waals surface area contributed by atoms with E-state index in [1.165, 1.54) is 24.3 Å². The molecular weight excluding hydrogens is 435 g/mol. The predicted molar refractivity (Wildman–Crippen MR) is 99.4 cm³/mol. The minimum absolute atomic E-state index is 0.187. The van der Waals surface area contributed by atoms with E-state index in [1.54, 1.807) is 18.2 Å². The maximum Gasteiger partial charge on any atom is 0.239 e. The van der Waals surface area contributed by atoms with Gasteiger partial charge in [0.1, 0.15) is 5.82 Å². The fourth-order valence-corrected chi connectivity index (χ4v) is 3.19. The zero-order valence-corrected chi connectivity index (χ0v) is 16.3. The van der Waals surface area contributed by atoms with Gasteiger partial charge in [-0.25, -0.2) is 12.8 Å². The van der Waals surface area contributed by atoms with Crippen molar-refractivity contribution in [1.82, 2.24) is 4.31 Å². The van der Waals surface area contributed by atoms with Crippen LogP contribution in [-0.4, -0.2) is 31.4 Å². The van der Waals surface area contributed by atoms with Crippen LogP contribution in [0.5, 0.6) is 0 Å². The minimum atomic E-state index is -3.71. The topological polar surface area (TPSA) is 66.5 Å². The van der Waals surface area contributed by atoms with Crippen LogP contribution in [0.1, 0.15) is 5.56 Å². The molecule has 1 N–H and O–H groups in total. The van der Waals surface area contributed by atoms with Crippen LogP contribution >= 0.6 is 27.5 Å². The molecule has 0 saturated carbocycles. The molecule has 2 aromatic rings. The van der Waals surface area contributed by atoms with Crippen molar-refractivity contribution in [3.05, 3.63) is 63.3 Å². The molecule has 0 aliphatic carbocycles. The van der Waals surface area contributed by atoms with E-state index in [0.717, 1.165) is 10.6 Å². The molecule has 0 fully saturated rings. The van der Waals surface area contributed by atoms with E-state index in [2.05, 4.69) is 21.2 Å². The molecule has 25 heavy (non-hydrogen) atoms. The number of nitrogens with zero attached hydrogens (tertiary/aromatic N) is 1. The van der Waals surface area contributed by atoms with Gasteiger partial charge in [0, 0.05) is 22.3 Å². The van der Waals surface area contributed by atoms with Crippen LogP contribution < -0.4 is 5.32 Å². The first-order valence-corrected chi connectivity index (χ1v) is 10.1. The van der Waals surface area contributed by atoms with Gasteiger partial charge in [0.05, 0.1) is 17.8 Å². The van der Waals surface area contributed by atoms with Gasteiger partial charge in [-0.3, -0.25) is 4.79 Å². The van der Waals surface area contributed by atoms with Crippen LogP contribution in [0.15, 0.2) is 46.9 Å². The summed E-state index contributed by atoms with van der Waals surface area (Å²) < 4.78 is 39.2. The Morgan fingerprint density at radius 2 is 1.96 bits per heavy atom. The summed E-state index contributed by atoms with van der Waals surface area (Å²) in [6.07, 6.45) is 0.970. The minimum Gasteiger partial charge on any atom is -0.325 e. The first kappa shape index (κ1) is 19.8. The lowest BCUT2D eigenvalue weighted by molar-refractivity contribution is -0.116. The number of amides is 1.